The van der Waals surface area contributed by atoms with Gasteiger partial charge in [-0.05, 0) is 37.0 Å². The quantitative estimate of drug-likeness (QED) is 0.172. The molecule has 0 spiro atoms. The predicted octanol–water partition coefficient (Wildman–Crippen LogP) is -0.867. The number of carbonyl (C=O) groups excluding carboxylic acids is 4. The van der Waals surface area contributed by atoms with Crippen molar-refractivity contribution in [2.24, 2.45) is 17.4 Å². The number of phenolic OH excluding ortho intramolecular Hbond substituents is 1. The van der Waals surface area contributed by atoms with E-state index in [0.717, 1.165) is 0 Å². The normalized spacial score (nSPS) is 15.1. The zero-order chi connectivity index (χ0) is 26.7. The Morgan fingerprint density at radius 1 is 0.914 bits per heavy atom. The highest BCUT2D eigenvalue weighted by atomic mass is 16.4. The van der Waals surface area contributed by atoms with Gasteiger partial charge in [-0.15, -0.1) is 0 Å². The van der Waals surface area contributed by atoms with E-state index in [2.05, 4.69) is 16.0 Å². The van der Waals surface area contributed by atoms with E-state index >= 15 is 0 Å². The Hall–Kier alpha value is -3.67. The molecule has 0 aliphatic carbocycles. The van der Waals surface area contributed by atoms with Gasteiger partial charge in [-0.25, -0.2) is 4.79 Å². The second kappa shape index (κ2) is 13.9. The van der Waals surface area contributed by atoms with Crippen molar-refractivity contribution in [1.29, 1.82) is 0 Å². The van der Waals surface area contributed by atoms with E-state index in [4.69, 9.17) is 11.5 Å². The summed E-state index contributed by atoms with van der Waals surface area (Å²) < 4.78 is 0. The highest BCUT2D eigenvalue weighted by molar-refractivity contribution is 5.94. The molecule has 4 amide bonds. The molecular weight excluding hydrogens is 458 g/mol. The average molecular weight is 494 g/mol. The Morgan fingerprint density at radius 2 is 1.49 bits per heavy atom. The number of nitrogens with two attached hydrogens (primary N) is 2. The van der Waals surface area contributed by atoms with E-state index in [9.17, 15) is 34.2 Å². The van der Waals surface area contributed by atoms with Gasteiger partial charge in [-0.3, -0.25) is 19.2 Å². The Bertz CT molecular complexity index is 904. The van der Waals surface area contributed by atoms with Crippen molar-refractivity contribution in [3.05, 3.63) is 29.8 Å². The summed E-state index contributed by atoms with van der Waals surface area (Å²) in [7, 11) is 0. The van der Waals surface area contributed by atoms with E-state index in [1.54, 1.807) is 26.0 Å². The van der Waals surface area contributed by atoms with Crippen molar-refractivity contribution in [3.63, 3.8) is 0 Å². The third-order valence-corrected chi connectivity index (χ3v) is 5.51. The monoisotopic (exact) mass is 493 g/mol. The number of amides is 4. The highest BCUT2D eigenvalue weighted by Gasteiger charge is 2.32. The van der Waals surface area contributed by atoms with Crippen LogP contribution in [0.25, 0.3) is 0 Å². The number of primary amides is 1. The van der Waals surface area contributed by atoms with Crippen LogP contribution < -0.4 is 27.4 Å². The maximum Gasteiger partial charge on any atom is 0.326 e. The summed E-state index contributed by atoms with van der Waals surface area (Å²) in [5.74, 6) is -4.40. The molecule has 1 rings (SSSR count). The third kappa shape index (κ3) is 10.0. The molecular formula is C23H35N5O7. The van der Waals surface area contributed by atoms with Gasteiger partial charge in [0.1, 0.15) is 23.9 Å². The number of carboxylic acids is 1. The van der Waals surface area contributed by atoms with Crippen LogP contribution in [0.1, 0.15) is 45.6 Å². The maximum absolute atomic E-state index is 13.2. The van der Waals surface area contributed by atoms with Crippen molar-refractivity contribution in [2.75, 3.05) is 0 Å². The lowest BCUT2D eigenvalue weighted by Crippen LogP contribution is -2.59. The maximum atomic E-state index is 13.2. The first-order valence-corrected chi connectivity index (χ1v) is 11.3. The van der Waals surface area contributed by atoms with Crippen LogP contribution in [-0.4, -0.2) is 64.0 Å². The molecule has 9 N–H and O–H groups in total. The summed E-state index contributed by atoms with van der Waals surface area (Å²) >= 11 is 0. The first-order valence-electron chi connectivity index (χ1n) is 11.3. The van der Waals surface area contributed by atoms with Crippen molar-refractivity contribution < 1.29 is 34.2 Å². The Balaban J connectivity index is 3.10. The second-order valence-corrected chi connectivity index (χ2v) is 8.50. The smallest absolute Gasteiger partial charge is 0.326 e. The van der Waals surface area contributed by atoms with Crippen LogP contribution in [0.2, 0.25) is 0 Å². The molecule has 0 heterocycles. The number of hydrogen-bond acceptors (Lipinski definition) is 7. The van der Waals surface area contributed by atoms with E-state index in [1.165, 1.54) is 19.1 Å². The number of aromatic hydroxyl groups is 1. The van der Waals surface area contributed by atoms with Gasteiger partial charge in [0, 0.05) is 12.8 Å². The lowest BCUT2D eigenvalue weighted by atomic mass is 9.96. The van der Waals surface area contributed by atoms with Crippen LogP contribution in [0.5, 0.6) is 5.75 Å². The van der Waals surface area contributed by atoms with Gasteiger partial charge < -0.3 is 37.6 Å². The van der Waals surface area contributed by atoms with Crippen LogP contribution in [0.15, 0.2) is 24.3 Å². The molecule has 0 saturated carbocycles. The zero-order valence-corrected chi connectivity index (χ0v) is 20.1. The minimum atomic E-state index is -1.37. The van der Waals surface area contributed by atoms with E-state index in [-0.39, 0.29) is 30.9 Å². The summed E-state index contributed by atoms with van der Waals surface area (Å²) in [5, 5.41) is 26.4. The highest BCUT2D eigenvalue weighted by Crippen LogP contribution is 2.13. The largest absolute Gasteiger partial charge is 0.508 e. The van der Waals surface area contributed by atoms with Crippen molar-refractivity contribution in [1.82, 2.24) is 16.0 Å². The number of hydrogen-bond donors (Lipinski definition) is 7. The zero-order valence-electron chi connectivity index (χ0n) is 20.1. The van der Waals surface area contributed by atoms with Gasteiger partial charge in [0.2, 0.25) is 23.6 Å². The van der Waals surface area contributed by atoms with Gasteiger partial charge in [-0.1, -0.05) is 32.4 Å². The van der Waals surface area contributed by atoms with Crippen molar-refractivity contribution >= 4 is 29.6 Å². The molecule has 5 unspecified atom stereocenters. The summed E-state index contributed by atoms with van der Waals surface area (Å²) in [6, 6.07) is 1.58. The SMILES string of the molecule is CCC(C)C(NC(=O)C(Cc1ccc(O)cc1)NC(=O)C(C)N)C(=O)NC(CCC(N)=O)C(=O)O. The summed E-state index contributed by atoms with van der Waals surface area (Å²) in [6.45, 7) is 4.96. The molecule has 0 saturated heterocycles. The fourth-order valence-corrected chi connectivity index (χ4v) is 3.14. The van der Waals surface area contributed by atoms with Crippen molar-refractivity contribution in [3.8, 4) is 5.75 Å². The van der Waals surface area contributed by atoms with Gasteiger partial charge in [0.05, 0.1) is 6.04 Å². The number of rotatable bonds is 14. The number of benzene rings is 1. The van der Waals surface area contributed by atoms with Gasteiger partial charge in [0.25, 0.3) is 0 Å². The second-order valence-electron chi connectivity index (χ2n) is 8.50. The van der Waals surface area contributed by atoms with Gasteiger partial charge in [-0.2, -0.15) is 0 Å². The summed E-state index contributed by atoms with van der Waals surface area (Å²) in [6.07, 6.45) is 0.0864. The lowest BCUT2D eigenvalue weighted by molar-refractivity contribution is -0.143. The molecule has 0 bridgehead atoms. The molecule has 12 nitrogen and oxygen atoms in total. The average Bonchev–Trinajstić information content (AvgIpc) is 2.79. The number of aliphatic carboxylic acids is 1. The molecule has 5 atom stereocenters. The topological polar surface area (TPSA) is 214 Å². The first kappa shape index (κ1) is 29.4. The number of phenols is 1. The lowest BCUT2D eigenvalue weighted by Gasteiger charge is -2.28. The molecule has 0 aliphatic rings. The molecule has 0 aliphatic heterocycles. The fraction of sp³-hybridized carbons (Fsp3) is 0.522. The van der Waals surface area contributed by atoms with E-state index in [0.29, 0.717) is 12.0 Å². The molecule has 194 valence electrons. The van der Waals surface area contributed by atoms with Crippen molar-refractivity contribution in [2.45, 2.75) is 70.6 Å². The Morgan fingerprint density at radius 3 is 1.97 bits per heavy atom. The van der Waals surface area contributed by atoms with Crippen LogP contribution in [0.3, 0.4) is 0 Å². The van der Waals surface area contributed by atoms with Crippen LogP contribution in [0.4, 0.5) is 0 Å². The molecule has 1 aromatic carbocycles. The van der Waals surface area contributed by atoms with Crippen LogP contribution >= 0.6 is 0 Å². The minimum absolute atomic E-state index is 0.0344. The van der Waals surface area contributed by atoms with Crippen LogP contribution in [0, 0.1) is 5.92 Å². The van der Waals surface area contributed by atoms with E-state index in [1.807, 2.05) is 0 Å². The molecule has 0 aromatic heterocycles. The molecule has 1 aromatic rings. The number of nitrogens with one attached hydrogen (secondary N) is 3. The third-order valence-electron chi connectivity index (χ3n) is 5.51. The van der Waals surface area contributed by atoms with Gasteiger partial charge in [0.15, 0.2) is 0 Å². The van der Waals surface area contributed by atoms with Crippen LogP contribution in [-0.2, 0) is 30.4 Å². The summed E-state index contributed by atoms with van der Waals surface area (Å²) in [5.41, 5.74) is 11.3. The Labute approximate surface area is 203 Å². The summed E-state index contributed by atoms with van der Waals surface area (Å²) in [4.78, 5) is 60.9. The molecule has 0 fully saturated rings. The number of carboxylic acid groups (broad SMARTS) is 1. The predicted molar refractivity (Wildman–Crippen MR) is 127 cm³/mol. The van der Waals surface area contributed by atoms with Gasteiger partial charge >= 0.3 is 5.97 Å². The molecule has 35 heavy (non-hydrogen) atoms. The molecule has 12 heteroatoms. The molecule has 0 radical (unpaired) electrons. The fourth-order valence-electron chi connectivity index (χ4n) is 3.14. The standard InChI is InChI=1S/C23H35N5O7/c1-4-12(2)19(22(33)26-16(23(34)35)9-10-18(25)30)28-21(32)17(27-20(31)13(3)24)11-14-5-7-15(29)8-6-14/h5-8,12-13,16-17,19,29H,4,9-11,24H2,1-3H3,(H2,25,30)(H,26,33)(H,27,31)(H,28,32)(H,34,35). The Kier molecular flexibility index (Phi) is 11.7. The number of carbonyl (C=O) groups is 5. The van der Waals surface area contributed by atoms with E-state index < -0.39 is 53.8 Å². The minimum Gasteiger partial charge on any atom is -0.508 e. The first-order chi connectivity index (χ1) is 16.3.